The molecule has 4 rings (SSSR count). The summed E-state index contributed by atoms with van der Waals surface area (Å²) in [6, 6.07) is 20.7. The second-order valence-electron chi connectivity index (χ2n) is 6.54. The summed E-state index contributed by atoms with van der Waals surface area (Å²) in [6.45, 7) is 0. The number of carbonyl (C=O) groups is 2. The molecule has 2 amide bonds. The van der Waals surface area contributed by atoms with E-state index in [1.54, 1.807) is 49.6 Å². The van der Waals surface area contributed by atoms with Crippen LogP contribution in [-0.4, -0.2) is 18.9 Å². The number of nitrogens with zero attached hydrogens (tertiary/aromatic N) is 1. The van der Waals surface area contributed by atoms with Crippen molar-refractivity contribution in [3.63, 3.8) is 0 Å². The van der Waals surface area contributed by atoms with Crippen LogP contribution in [0.2, 0.25) is 10.0 Å². The number of methoxy groups -OCH3 is 1. The summed E-state index contributed by atoms with van der Waals surface area (Å²) in [5.41, 5.74) is 2.02. The van der Waals surface area contributed by atoms with Gasteiger partial charge in [-0.1, -0.05) is 53.5 Å². The molecular weight excluding hydrogens is 423 g/mol. The average molecular weight is 439 g/mol. The Kier molecular flexibility index (Phi) is 5.48. The zero-order chi connectivity index (χ0) is 21.3. The summed E-state index contributed by atoms with van der Waals surface area (Å²) in [7, 11) is 1.58. The van der Waals surface area contributed by atoms with Gasteiger partial charge in [0.05, 0.1) is 18.4 Å². The quantitative estimate of drug-likeness (QED) is 0.541. The van der Waals surface area contributed by atoms with Crippen LogP contribution in [0, 0.1) is 0 Å². The van der Waals surface area contributed by atoms with Crippen molar-refractivity contribution in [3.8, 4) is 5.75 Å². The van der Waals surface area contributed by atoms with E-state index in [9.17, 15) is 9.59 Å². The lowest BCUT2D eigenvalue weighted by Gasteiger charge is -2.16. The summed E-state index contributed by atoms with van der Waals surface area (Å²) >= 11 is 12.2. The summed E-state index contributed by atoms with van der Waals surface area (Å²) in [5, 5.41) is 3.76. The van der Waals surface area contributed by atoms with Crippen molar-refractivity contribution in [2.75, 3.05) is 17.3 Å². The predicted molar refractivity (Wildman–Crippen MR) is 119 cm³/mol. The van der Waals surface area contributed by atoms with E-state index in [1.165, 1.54) is 12.1 Å². The molecule has 1 aliphatic rings. The monoisotopic (exact) mass is 438 g/mol. The Bertz CT molecular complexity index is 1140. The normalized spacial score (nSPS) is 13.8. The third-order valence-corrected chi connectivity index (χ3v) is 5.05. The number of hydrogen-bond acceptors (Lipinski definition) is 4. The van der Waals surface area contributed by atoms with E-state index in [0.29, 0.717) is 32.7 Å². The first-order valence-electron chi connectivity index (χ1n) is 9.03. The van der Waals surface area contributed by atoms with Crippen molar-refractivity contribution in [2.24, 2.45) is 0 Å². The molecule has 3 aromatic carbocycles. The highest BCUT2D eigenvalue weighted by Gasteiger charge is 2.40. The molecule has 0 aromatic heterocycles. The molecule has 0 spiro atoms. The summed E-state index contributed by atoms with van der Waals surface area (Å²) < 4.78 is 5.17. The fourth-order valence-electron chi connectivity index (χ4n) is 3.24. The third-order valence-electron chi connectivity index (χ3n) is 4.61. The van der Waals surface area contributed by atoms with E-state index in [-0.39, 0.29) is 11.3 Å². The fourth-order valence-corrected chi connectivity index (χ4v) is 3.75. The Morgan fingerprint density at radius 2 is 1.47 bits per heavy atom. The maximum Gasteiger partial charge on any atom is 0.282 e. The highest BCUT2D eigenvalue weighted by molar-refractivity contribution is 6.46. The number of nitrogens with one attached hydrogen (secondary N) is 1. The Labute approximate surface area is 183 Å². The molecule has 5 nitrogen and oxygen atoms in total. The van der Waals surface area contributed by atoms with Gasteiger partial charge < -0.3 is 10.1 Å². The standard InChI is InChI=1S/C23H16Cl2N2O3/c1-30-19-9-7-17(8-10-19)26-21-20(14-5-3-2-4-6-14)22(28)27(23(21)29)18-12-15(24)11-16(25)13-18/h2-13,26H,1H3. The number of hydrogen-bond donors (Lipinski definition) is 1. The number of anilines is 2. The van der Waals surface area contributed by atoms with Crippen LogP contribution in [0.25, 0.3) is 5.57 Å². The summed E-state index contributed by atoms with van der Waals surface area (Å²) in [5.74, 6) is -0.268. The molecule has 7 heteroatoms. The summed E-state index contributed by atoms with van der Waals surface area (Å²) in [4.78, 5) is 27.7. The molecular formula is C23H16Cl2N2O3. The molecule has 1 aliphatic heterocycles. The molecule has 150 valence electrons. The van der Waals surface area contributed by atoms with Crippen LogP contribution in [0.15, 0.2) is 78.5 Å². The third kappa shape index (κ3) is 3.77. The first-order valence-corrected chi connectivity index (χ1v) is 9.79. The van der Waals surface area contributed by atoms with Gasteiger partial charge >= 0.3 is 0 Å². The van der Waals surface area contributed by atoms with Gasteiger partial charge in [0.15, 0.2) is 0 Å². The number of carbonyl (C=O) groups excluding carboxylic acids is 2. The van der Waals surface area contributed by atoms with E-state index in [1.807, 2.05) is 18.2 Å². The molecule has 0 atom stereocenters. The van der Waals surface area contributed by atoms with Crippen molar-refractivity contribution in [2.45, 2.75) is 0 Å². The molecule has 0 bridgehead atoms. The van der Waals surface area contributed by atoms with Gasteiger partial charge in [-0.05, 0) is 48.0 Å². The van der Waals surface area contributed by atoms with Gasteiger partial charge in [-0.3, -0.25) is 9.59 Å². The van der Waals surface area contributed by atoms with Crippen LogP contribution in [0.5, 0.6) is 5.75 Å². The van der Waals surface area contributed by atoms with Gasteiger partial charge in [0, 0.05) is 15.7 Å². The lowest BCUT2D eigenvalue weighted by atomic mass is 10.0. The number of benzene rings is 3. The molecule has 1 N–H and O–H groups in total. The number of rotatable bonds is 5. The molecule has 0 radical (unpaired) electrons. The zero-order valence-electron chi connectivity index (χ0n) is 15.9. The largest absolute Gasteiger partial charge is 0.497 e. The van der Waals surface area contributed by atoms with Crippen molar-refractivity contribution >= 4 is 52.0 Å². The van der Waals surface area contributed by atoms with Crippen LogP contribution < -0.4 is 15.0 Å². The van der Waals surface area contributed by atoms with Crippen molar-refractivity contribution in [1.29, 1.82) is 0 Å². The topological polar surface area (TPSA) is 58.6 Å². The minimum atomic E-state index is -0.493. The highest BCUT2D eigenvalue weighted by atomic mass is 35.5. The molecule has 0 saturated carbocycles. The average Bonchev–Trinajstić information content (AvgIpc) is 2.98. The van der Waals surface area contributed by atoms with Gasteiger partial charge in [0.2, 0.25) is 0 Å². The minimum Gasteiger partial charge on any atom is -0.497 e. The Balaban J connectivity index is 1.80. The van der Waals surface area contributed by atoms with Gasteiger partial charge in [-0.25, -0.2) is 4.90 Å². The number of halogens is 2. The van der Waals surface area contributed by atoms with Crippen LogP contribution in [0.4, 0.5) is 11.4 Å². The number of imide groups is 1. The second kappa shape index (κ2) is 8.22. The van der Waals surface area contributed by atoms with Crippen molar-refractivity contribution in [3.05, 3.63) is 94.1 Å². The minimum absolute atomic E-state index is 0.174. The van der Waals surface area contributed by atoms with Gasteiger partial charge in [-0.15, -0.1) is 0 Å². The molecule has 1 heterocycles. The SMILES string of the molecule is COc1ccc(NC2=C(c3ccccc3)C(=O)N(c3cc(Cl)cc(Cl)c3)C2=O)cc1. The van der Waals surface area contributed by atoms with E-state index < -0.39 is 11.8 Å². The van der Waals surface area contributed by atoms with Crippen molar-refractivity contribution in [1.82, 2.24) is 0 Å². The number of amides is 2. The Morgan fingerprint density at radius 1 is 0.833 bits per heavy atom. The van der Waals surface area contributed by atoms with Crippen LogP contribution in [0.3, 0.4) is 0 Å². The molecule has 0 fully saturated rings. The van der Waals surface area contributed by atoms with Crippen molar-refractivity contribution < 1.29 is 14.3 Å². The van der Waals surface area contributed by atoms with Gasteiger partial charge in [0.1, 0.15) is 11.4 Å². The fraction of sp³-hybridized carbons (Fsp3) is 0.0435. The number of ether oxygens (including phenoxy) is 1. The maximum atomic E-state index is 13.3. The molecule has 0 saturated heterocycles. The molecule has 30 heavy (non-hydrogen) atoms. The summed E-state index contributed by atoms with van der Waals surface area (Å²) in [6.07, 6.45) is 0. The molecule has 0 aliphatic carbocycles. The van der Waals surface area contributed by atoms with Gasteiger partial charge in [0.25, 0.3) is 11.8 Å². The van der Waals surface area contributed by atoms with Gasteiger partial charge in [-0.2, -0.15) is 0 Å². The maximum absolute atomic E-state index is 13.3. The van der Waals surface area contributed by atoms with Crippen LogP contribution in [-0.2, 0) is 9.59 Å². The lowest BCUT2D eigenvalue weighted by molar-refractivity contribution is -0.120. The van der Waals surface area contributed by atoms with E-state index in [0.717, 1.165) is 4.90 Å². The molecule has 0 unspecified atom stereocenters. The second-order valence-corrected chi connectivity index (χ2v) is 7.42. The predicted octanol–water partition coefficient (Wildman–Crippen LogP) is 5.40. The lowest BCUT2D eigenvalue weighted by Crippen LogP contribution is -2.32. The highest BCUT2D eigenvalue weighted by Crippen LogP contribution is 2.36. The van der Waals surface area contributed by atoms with E-state index in [4.69, 9.17) is 27.9 Å². The Morgan fingerprint density at radius 3 is 2.07 bits per heavy atom. The smallest absolute Gasteiger partial charge is 0.282 e. The van der Waals surface area contributed by atoms with E-state index >= 15 is 0 Å². The first-order chi connectivity index (χ1) is 14.5. The van der Waals surface area contributed by atoms with Crippen LogP contribution in [0.1, 0.15) is 5.56 Å². The van der Waals surface area contributed by atoms with E-state index in [2.05, 4.69) is 5.32 Å². The zero-order valence-corrected chi connectivity index (χ0v) is 17.4. The van der Waals surface area contributed by atoms with Crippen LogP contribution >= 0.6 is 23.2 Å². The molecule has 3 aromatic rings. The first kappa shape index (κ1) is 20.0. The Hall–Kier alpha value is -3.28.